The van der Waals surface area contributed by atoms with Gasteiger partial charge in [-0.05, 0) is 36.5 Å². The Balaban J connectivity index is 1.52. The van der Waals surface area contributed by atoms with Crippen molar-refractivity contribution in [3.05, 3.63) is 42.0 Å². The van der Waals surface area contributed by atoms with Gasteiger partial charge in [-0.25, -0.2) is 0 Å². The molecule has 0 aliphatic carbocycles. The molecule has 5 nitrogen and oxygen atoms in total. The van der Waals surface area contributed by atoms with E-state index < -0.39 is 0 Å². The van der Waals surface area contributed by atoms with Gasteiger partial charge in [-0.15, -0.1) is 22.0 Å². The summed E-state index contributed by atoms with van der Waals surface area (Å²) in [5.74, 6) is 1.87. The van der Waals surface area contributed by atoms with E-state index in [1.807, 2.05) is 4.57 Å². The summed E-state index contributed by atoms with van der Waals surface area (Å²) in [6, 6.07) is 8.43. The van der Waals surface area contributed by atoms with Gasteiger partial charge in [-0.2, -0.15) is 0 Å². The summed E-state index contributed by atoms with van der Waals surface area (Å²) in [5, 5.41) is 11.1. The van der Waals surface area contributed by atoms with E-state index in [9.17, 15) is 4.79 Å². The summed E-state index contributed by atoms with van der Waals surface area (Å²) in [4.78, 5) is 13.3. The van der Waals surface area contributed by atoms with Gasteiger partial charge in [0.2, 0.25) is 5.91 Å². The standard InChI is InChI=1S/C17H22N4OS/c1-12(2)13-5-7-14(8-6-13)23-10-16(22)19-15-4-3-9-21-11-18-20-17(15)21/h5-8,11-12,15H,3-4,9-10H2,1-2H3,(H,19,22). The van der Waals surface area contributed by atoms with Crippen molar-refractivity contribution >= 4 is 17.7 Å². The van der Waals surface area contributed by atoms with Crippen LogP contribution in [0.3, 0.4) is 0 Å². The van der Waals surface area contributed by atoms with E-state index in [0.717, 1.165) is 30.1 Å². The molecule has 2 heterocycles. The van der Waals surface area contributed by atoms with Crippen molar-refractivity contribution in [1.82, 2.24) is 20.1 Å². The van der Waals surface area contributed by atoms with Gasteiger partial charge < -0.3 is 9.88 Å². The highest BCUT2D eigenvalue weighted by molar-refractivity contribution is 8.00. The van der Waals surface area contributed by atoms with E-state index >= 15 is 0 Å². The Morgan fingerprint density at radius 1 is 1.39 bits per heavy atom. The van der Waals surface area contributed by atoms with Crippen molar-refractivity contribution in [3.63, 3.8) is 0 Å². The highest BCUT2D eigenvalue weighted by Crippen LogP contribution is 2.24. The Kier molecular flexibility index (Phi) is 5.00. The summed E-state index contributed by atoms with van der Waals surface area (Å²) in [7, 11) is 0. The first-order chi connectivity index (χ1) is 11.1. The zero-order chi connectivity index (χ0) is 16.2. The third-order valence-electron chi connectivity index (χ3n) is 4.10. The van der Waals surface area contributed by atoms with Gasteiger partial charge in [0, 0.05) is 11.4 Å². The van der Waals surface area contributed by atoms with Gasteiger partial charge in [0.15, 0.2) is 5.82 Å². The molecule has 1 aromatic heterocycles. The molecule has 3 rings (SSSR count). The molecule has 1 unspecified atom stereocenters. The third-order valence-corrected chi connectivity index (χ3v) is 5.11. The summed E-state index contributed by atoms with van der Waals surface area (Å²) in [6.07, 6.45) is 3.71. The molecule has 1 aliphatic rings. The molecule has 0 saturated carbocycles. The molecule has 2 aromatic rings. The van der Waals surface area contributed by atoms with E-state index in [4.69, 9.17) is 0 Å². The van der Waals surface area contributed by atoms with Crippen LogP contribution in [0, 0.1) is 0 Å². The van der Waals surface area contributed by atoms with Crippen LogP contribution in [0.2, 0.25) is 0 Å². The molecule has 23 heavy (non-hydrogen) atoms. The minimum absolute atomic E-state index is 0.0114. The minimum atomic E-state index is -0.0114. The predicted molar refractivity (Wildman–Crippen MR) is 91.4 cm³/mol. The molecule has 0 saturated heterocycles. The zero-order valence-corrected chi connectivity index (χ0v) is 14.3. The summed E-state index contributed by atoms with van der Waals surface area (Å²) in [6.45, 7) is 5.29. The molecule has 122 valence electrons. The van der Waals surface area contributed by atoms with Gasteiger partial charge in [0.05, 0.1) is 11.8 Å². The Hall–Kier alpha value is -1.82. The fourth-order valence-corrected chi connectivity index (χ4v) is 3.48. The molecule has 0 bridgehead atoms. The van der Waals surface area contributed by atoms with Crippen molar-refractivity contribution in [3.8, 4) is 0 Å². The number of thioether (sulfide) groups is 1. The maximum atomic E-state index is 12.2. The molecule has 1 atom stereocenters. The van der Waals surface area contributed by atoms with Crippen LogP contribution in [0.25, 0.3) is 0 Å². The number of carbonyl (C=O) groups is 1. The lowest BCUT2D eigenvalue weighted by Crippen LogP contribution is -2.34. The molecule has 1 N–H and O–H groups in total. The molecule has 1 amide bonds. The van der Waals surface area contributed by atoms with Crippen LogP contribution >= 0.6 is 11.8 Å². The second-order valence-electron chi connectivity index (χ2n) is 6.16. The third kappa shape index (κ3) is 3.93. The number of amides is 1. The number of hydrogen-bond acceptors (Lipinski definition) is 4. The van der Waals surface area contributed by atoms with Crippen LogP contribution in [-0.2, 0) is 11.3 Å². The molecule has 1 aliphatic heterocycles. The van der Waals surface area contributed by atoms with Gasteiger partial charge in [0.1, 0.15) is 6.33 Å². The van der Waals surface area contributed by atoms with Crippen molar-refractivity contribution < 1.29 is 4.79 Å². The first kappa shape index (κ1) is 16.1. The molecule has 1 aromatic carbocycles. The monoisotopic (exact) mass is 330 g/mol. The second-order valence-corrected chi connectivity index (χ2v) is 7.21. The van der Waals surface area contributed by atoms with Crippen LogP contribution in [0.1, 0.15) is 50.0 Å². The first-order valence-corrected chi connectivity index (χ1v) is 9.02. The van der Waals surface area contributed by atoms with Crippen LogP contribution in [0.15, 0.2) is 35.5 Å². The number of benzene rings is 1. The highest BCUT2D eigenvalue weighted by Gasteiger charge is 2.23. The molecule has 6 heteroatoms. The van der Waals surface area contributed by atoms with Crippen LogP contribution in [-0.4, -0.2) is 26.4 Å². The molecule has 0 spiro atoms. The average Bonchev–Trinajstić information content (AvgIpc) is 3.03. The van der Waals surface area contributed by atoms with E-state index in [0.29, 0.717) is 11.7 Å². The van der Waals surface area contributed by atoms with Gasteiger partial charge >= 0.3 is 0 Å². The quantitative estimate of drug-likeness (QED) is 0.856. The zero-order valence-electron chi connectivity index (χ0n) is 13.5. The Bertz CT molecular complexity index is 665. The number of nitrogens with one attached hydrogen (secondary N) is 1. The number of fused-ring (bicyclic) bond motifs is 1. The van der Waals surface area contributed by atoms with Crippen molar-refractivity contribution in [2.24, 2.45) is 0 Å². The maximum absolute atomic E-state index is 12.2. The van der Waals surface area contributed by atoms with E-state index in [1.165, 1.54) is 5.56 Å². The molecule has 0 fully saturated rings. The lowest BCUT2D eigenvalue weighted by molar-refractivity contribution is -0.119. The predicted octanol–water partition coefficient (Wildman–Crippen LogP) is 3.14. The van der Waals surface area contributed by atoms with Gasteiger partial charge in [-0.3, -0.25) is 4.79 Å². The fourth-order valence-electron chi connectivity index (χ4n) is 2.77. The molecular formula is C17H22N4OS. The number of aryl methyl sites for hydroxylation is 1. The van der Waals surface area contributed by atoms with Crippen molar-refractivity contribution in [2.75, 3.05) is 5.75 Å². The van der Waals surface area contributed by atoms with Gasteiger partial charge in [0.25, 0.3) is 0 Å². The highest BCUT2D eigenvalue weighted by atomic mass is 32.2. The number of rotatable bonds is 5. The number of aromatic nitrogens is 3. The SMILES string of the molecule is CC(C)c1ccc(SCC(=O)NC2CCCn3cnnc32)cc1. The number of hydrogen-bond donors (Lipinski definition) is 1. The Morgan fingerprint density at radius 3 is 2.91 bits per heavy atom. The van der Waals surface area contributed by atoms with Gasteiger partial charge in [-0.1, -0.05) is 26.0 Å². The second kappa shape index (κ2) is 7.17. The van der Waals surface area contributed by atoms with E-state index in [1.54, 1.807) is 18.1 Å². The van der Waals surface area contributed by atoms with Crippen molar-refractivity contribution in [2.45, 2.75) is 50.1 Å². The van der Waals surface area contributed by atoms with Crippen LogP contribution < -0.4 is 5.32 Å². The topological polar surface area (TPSA) is 59.8 Å². The van der Waals surface area contributed by atoms with Crippen LogP contribution in [0.4, 0.5) is 0 Å². The lowest BCUT2D eigenvalue weighted by Gasteiger charge is -2.23. The smallest absolute Gasteiger partial charge is 0.230 e. The molecular weight excluding hydrogens is 308 g/mol. The normalized spacial score (nSPS) is 17.1. The summed E-state index contributed by atoms with van der Waals surface area (Å²) < 4.78 is 2.02. The first-order valence-electron chi connectivity index (χ1n) is 8.03. The number of carbonyl (C=O) groups excluding carboxylic acids is 1. The van der Waals surface area contributed by atoms with E-state index in [-0.39, 0.29) is 11.9 Å². The Morgan fingerprint density at radius 2 is 2.17 bits per heavy atom. The van der Waals surface area contributed by atoms with Crippen molar-refractivity contribution in [1.29, 1.82) is 0 Å². The summed E-state index contributed by atoms with van der Waals surface area (Å²) >= 11 is 1.57. The Labute approximate surface area is 140 Å². The largest absolute Gasteiger partial charge is 0.345 e. The molecule has 0 radical (unpaired) electrons. The lowest BCUT2D eigenvalue weighted by atomic mass is 10.0. The fraction of sp³-hybridized carbons (Fsp3) is 0.471. The average molecular weight is 330 g/mol. The van der Waals surface area contributed by atoms with E-state index in [2.05, 4.69) is 53.6 Å². The van der Waals surface area contributed by atoms with Crippen LogP contribution in [0.5, 0.6) is 0 Å². The maximum Gasteiger partial charge on any atom is 0.230 e. The number of nitrogens with zero attached hydrogens (tertiary/aromatic N) is 3. The minimum Gasteiger partial charge on any atom is -0.345 e. The summed E-state index contributed by atoms with van der Waals surface area (Å²) in [5.41, 5.74) is 1.32.